The molecule has 21 heavy (non-hydrogen) atoms. The minimum absolute atomic E-state index is 0.00806. The summed E-state index contributed by atoms with van der Waals surface area (Å²) >= 11 is 0. The number of carbonyl (C=O) groups excluding carboxylic acids is 2. The standard InChI is InChI=1S/C16H15NO4/c18-10(9-4-2-1-3-5-9)8-17-15(19)13-11-6-7-12(21-11)14(13)16(17)20/h1-7,10-14,18H,8H2/t10-,11-,12-,13-,14-/m1/s1. The van der Waals surface area contributed by atoms with Crippen LogP contribution in [0.3, 0.4) is 0 Å². The van der Waals surface area contributed by atoms with E-state index in [9.17, 15) is 14.7 Å². The summed E-state index contributed by atoms with van der Waals surface area (Å²) in [5.41, 5.74) is 0.701. The van der Waals surface area contributed by atoms with Crippen molar-refractivity contribution >= 4 is 11.8 Å². The molecular weight excluding hydrogens is 270 g/mol. The number of imide groups is 1. The number of amides is 2. The maximum Gasteiger partial charge on any atom is 0.236 e. The minimum atomic E-state index is -0.857. The average Bonchev–Trinajstić information content (AvgIpc) is 3.18. The van der Waals surface area contributed by atoms with E-state index in [4.69, 9.17) is 4.74 Å². The van der Waals surface area contributed by atoms with Gasteiger partial charge >= 0.3 is 0 Å². The van der Waals surface area contributed by atoms with E-state index in [0.29, 0.717) is 5.56 Å². The van der Waals surface area contributed by atoms with Crippen LogP contribution in [0.25, 0.3) is 0 Å². The molecule has 0 unspecified atom stereocenters. The van der Waals surface area contributed by atoms with Crippen molar-refractivity contribution in [2.75, 3.05) is 6.54 Å². The largest absolute Gasteiger partial charge is 0.387 e. The Morgan fingerprint density at radius 2 is 1.62 bits per heavy atom. The fraction of sp³-hybridized carbons (Fsp3) is 0.375. The third kappa shape index (κ3) is 1.78. The predicted octanol–water partition coefficient (Wildman–Crippen LogP) is 0.658. The monoisotopic (exact) mass is 285 g/mol. The summed E-state index contributed by atoms with van der Waals surface area (Å²) in [6.45, 7) is 0.00806. The number of aliphatic hydroxyl groups is 1. The first-order valence-corrected chi connectivity index (χ1v) is 7.09. The van der Waals surface area contributed by atoms with Gasteiger partial charge in [0.05, 0.1) is 36.7 Å². The topological polar surface area (TPSA) is 66.8 Å². The highest BCUT2D eigenvalue weighted by molar-refractivity contribution is 6.06. The lowest BCUT2D eigenvalue weighted by atomic mass is 9.85. The van der Waals surface area contributed by atoms with Crippen LogP contribution < -0.4 is 0 Å². The minimum Gasteiger partial charge on any atom is -0.387 e. The van der Waals surface area contributed by atoms with E-state index in [2.05, 4.69) is 0 Å². The summed E-state index contributed by atoms with van der Waals surface area (Å²) in [6, 6.07) is 9.06. The molecule has 2 fully saturated rings. The molecule has 0 aliphatic carbocycles. The summed E-state index contributed by atoms with van der Waals surface area (Å²) in [7, 11) is 0. The van der Waals surface area contributed by atoms with Gasteiger partial charge in [-0.05, 0) is 5.56 Å². The molecule has 3 aliphatic rings. The van der Waals surface area contributed by atoms with Crippen LogP contribution in [0.2, 0.25) is 0 Å². The maximum atomic E-state index is 12.4. The van der Waals surface area contributed by atoms with Crippen LogP contribution in [0.1, 0.15) is 11.7 Å². The molecule has 5 heteroatoms. The molecule has 3 aliphatic heterocycles. The number of aliphatic hydroxyl groups excluding tert-OH is 1. The molecule has 0 spiro atoms. The Bertz CT molecular complexity index is 596. The average molecular weight is 285 g/mol. The Kier molecular flexibility index (Phi) is 2.74. The molecule has 4 rings (SSSR count). The third-order valence-electron chi connectivity index (χ3n) is 4.54. The van der Waals surface area contributed by atoms with Crippen LogP contribution in [0.15, 0.2) is 42.5 Å². The van der Waals surface area contributed by atoms with Gasteiger partial charge in [-0.15, -0.1) is 0 Å². The highest BCUT2D eigenvalue weighted by Gasteiger charge is 2.60. The number of benzene rings is 1. The second-order valence-corrected chi connectivity index (χ2v) is 5.72. The van der Waals surface area contributed by atoms with E-state index >= 15 is 0 Å². The van der Waals surface area contributed by atoms with Crippen molar-refractivity contribution in [1.29, 1.82) is 0 Å². The summed E-state index contributed by atoms with van der Waals surface area (Å²) in [5, 5.41) is 10.2. The zero-order valence-electron chi connectivity index (χ0n) is 11.3. The number of nitrogens with zero attached hydrogens (tertiary/aromatic N) is 1. The van der Waals surface area contributed by atoms with E-state index in [1.54, 1.807) is 12.1 Å². The Balaban J connectivity index is 1.55. The summed E-state index contributed by atoms with van der Waals surface area (Å²) < 4.78 is 5.58. The van der Waals surface area contributed by atoms with Gasteiger partial charge in [-0.25, -0.2) is 0 Å². The van der Waals surface area contributed by atoms with E-state index < -0.39 is 17.9 Å². The smallest absolute Gasteiger partial charge is 0.236 e. The van der Waals surface area contributed by atoms with E-state index in [1.165, 1.54) is 4.90 Å². The van der Waals surface area contributed by atoms with Gasteiger partial charge in [0.2, 0.25) is 11.8 Å². The fourth-order valence-electron chi connectivity index (χ4n) is 3.50. The number of likely N-dealkylation sites (tertiary alicyclic amines) is 1. The number of ether oxygens (including phenoxy) is 1. The van der Waals surface area contributed by atoms with Crippen LogP contribution >= 0.6 is 0 Å². The quantitative estimate of drug-likeness (QED) is 0.654. The molecule has 5 atom stereocenters. The Morgan fingerprint density at radius 1 is 1.05 bits per heavy atom. The van der Waals surface area contributed by atoms with Crippen molar-refractivity contribution in [3.8, 4) is 0 Å². The van der Waals surface area contributed by atoms with Gasteiger partial charge in [-0.3, -0.25) is 14.5 Å². The lowest BCUT2D eigenvalue weighted by Crippen LogP contribution is -2.37. The Labute approximate surface area is 121 Å². The molecule has 0 saturated carbocycles. The highest BCUT2D eigenvalue weighted by Crippen LogP contribution is 2.45. The number of rotatable bonds is 3. The van der Waals surface area contributed by atoms with Crippen molar-refractivity contribution < 1.29 is 19.4 Å². The van der Waals surface area contributed by atoms with E-state index in [-0.39, 0.29) is 30.6 Å². The summed E-state index contributed by atoms with van der Waals surface area (Å²) in [4.78, 5) is 26.1. The molecule has 0 radical (unpaired) electrons. The lowest BCUT2D eigenvalue weighted by molar-refractivity contribution is -0.144. The number of β-amino-alcohol motifs (C(OH)–C–C–N with tert-alkyl or cyclic N) is 1. The first-order chi connectivity index (χ1) is 10.2. The fourth-order valence-corrected chi connectivity index (χ4v) is 3.50. The molecular formula is C16H15NO4. The number of carbonyl (C=O) groups is 2. The number of hydrogen-bond acceptors (Lipinski definition) is 4. The van der Waals surface area contributed by atoms with E-state index in [0.717, 1.165) is 0 Å². The normalized spacial score (nSPS) is 34.6. The van der Waals surface area contributed by atoms with Crippen molar-refractivity contribution in [3.63, 3.8) is 0 Å². The third-order valence-corrected chi connectivity index (χ3v) is 4.54. The molecule has 1 aromatic rings. The molecule has 1 N–H and O–H groups in total. The molecule has 108 valence electrons. The molecule has 1 aromatic carbocycles. The maximum absolute atomic E-state index is 12.4. The zero-order valence-corrected chi connectivity index (χ0v) is 11.3. The number of hydrogen-bond donors (Lipinski definition) is 1. The van der Waals surface area contributed by atoms with Gasteiger partial charge in [-0.2, -0.15) is 0 Å². The van der Waals surface area contributed by atoms with Gasteiger partial charge in [0.1, 0.15) is 0 Å². The van der Waals surface area contributed by atoms with Gasteiger partial charge in [-0.1, -0.05) is 42.5 Å². The summed E-state index contributed by atoms with van der Waals surface area (Å²) in [6.07, 6.45) is 2.29. The molecule has 2 bridgehead atoms. The van der Waals surface area contributed by atoms with Crippen molar-refractivity contribution in [3.05, 3.63) is 48.0 Å². The predicted molar refractivity (Wildman–Crippen MR) is 72.9 cm³/mol. The van der Waals surface area contributed by atoms with Crippen molar-refractivity contribution in [2.45, 2.75) is 18.3 Å². The number of fused-ring (bicyclic) bond motifs is 5. The second-order valence-electron chi connectivity index (χ2n) is 5.72. The van der Waals surface area contributed by atoms with Crippen LogP contribution in [-0.4, -0.2) is 40.6 Å². The SMILES string of the molecule is O=C1[C@H]2[C@H](C(=O)N1C[C@@H](O)c1ccccc1)[C@H]1C=C[C@H]2O1. The molecule has 3 heterocycles. The van der Waals surface area contributed by atoms with Crippen molar-refractivity contribution in [1.82, 2.24) is 4.90 Å². The first-order valence-electron chi connectivity index (χ1n) is 7.09. The van der Waals surface area contributed by atoms with E-state index in [1.807, 2.05) is 30.4 Å². The van der Waals surface area contributed by atoms with Crippen LogP contribution in [0.5, 0.6) is 0 Å². The molecule has 5 nitrogen and oxygen atoms in total. The Hall–Kier alpha value is -1.98. The molecule has 0 aromatic heterocycles. The van der Waals surface area contributed by atoms with Gasteiger partial charge in [0, 0.05) is 0 Å². The van der Waals surface area contributed by atoms with Gasteiger partial charge in [0.25, 0.3) is 0 Å². The second kappa shape index (κ2) is 4.51. The first kappa shape index (κ1) is 12.7. The summed E-state index contributed by atoms with van der Waals surface area (Å²) in [5.74, 6) is -1.26. The lowest BCUT2D eigenvalue weighted by Gasteiger charge is -2.21. The Morgan fingerprint density at radius 3 is 2.19 bits per heavy atom. The van der Waals surface area contributed by atoms with Crippen LogP contribution in [0, 0.1) is 11.8 Å². The highest BCUT2D eigenvalue weighted by atomic mass is 16.5. The molecule has 2 amide bonds. The van der Waals surface area contributed by atoms with Gasteiger partial charge < -0.3 is 9.84 Å². The van der Waals surface area contributed by atoms with Gasteiger partial charge in [0.15, 0.2) is 0 Å². The van der Waals surface area contributed by atoms with Crippen molar-refractivity contribution in [2.24, 2.45) is 11.8 Å². The zero-order chi connectivity index (χ0) is 14.6. The van der Waals surface area contributed by atoms with Crippen LogP contribution in [0.4, 0.5) is 0 Å². The van der Waals surface area contributed by atoms with Crippen LogP contribution in [-0.2, 0) is 14.3 Å². The molecule has 2 saturated heterocycles.